The van der Waals surface area contributed by atoms with Crippen LogP contribution in [-0.4, -0.2) is 46.1 Å². The minimum Gasteiger partial charge on any atom is -0.479 e. The molecule has 6 heteroatoms. The summed E-state index contributed by atoms with van der Waals surface area (Å²) in [6.45, 7) is 8.90. The zero-order chi connectivity index (χ0) is 17.9. The molecule has 0 amide bonds. The summed E-state index contributed by atoms with van der Waals surface area (Å²) in [6, 6.07) is -0.922. The van der Waals surface area contributed by atoms with E-state index in [2.05, 4.69) is 6.58 Å². The Morgan fingerprint density at radius 2 is 1.89 bits per heavy atom. The van der Waals surface area contributed by atoms with Gasteiger partial charge in [0.1, 0.15) is 0 Å². The van der Waals surface area contributed by atoms with Gasteiger partial charge in [0, 0.05) is 9.11 Å². The van der Waals surface area contributed by atoms with E-state index in [0.29, 0.717) is 0 Å². The van der Waals surface area contributed by atoms with Crippen LogP contribution in [0.2, 0.25) is 0 Å². The standard InChI is InChI=1S/C13H22O6/c1-6-7-13(12(16)17,19-9(4)5)10(11(14)15)18-8(2)3/h6,8-10H,1,7H2,2-5H3,(H,14,15)(H,16,17)/i6T,7T2. The quantitative estimate of drug-likeness (QED) is 0.624. The molecule has 0 aromatic carbocycles. The molecule has 0 aromatic rings. The van der Waals surface area contributed by atoms with Crippen molar-refractivity contribution in [2.75, 3.05) is 0 Å². The summed E-state index contributed by atoms with van der Waals surface area (Å²) in [5, 5.41) is 18.9. The molecule has 19 heavy (non-hydrogen) atoms. The largest absolute Gasteiger partial charge is 0.479 e. The van der Waals surface area contributed by atoms with E-state index in [1.807, 2.05) is 0 Å². The van der Waals surface area contributed by atoms with Crippen LogP contribution in [0.1, 0.15) is 38.2 Å². The zero-order valence-corrected chi connectivity index (χ0v) is 11.5. The summed E-state index contributed by atoms with van der Waals surface area (Å²) >= 11 is 0. The van der Waals surface area contributed by atoms with Crippen LogP contribution in [-0.2, 0) is 19.1 Å². The number of hydrogen-bond donors (Lipinski definition) is 2. The second kappa shape index (κ2) is 7.25. The summed E-state index contributed by atoms with van der Waals surface area (Å²) in [5.41, 5.74) is -2.95. The van der Waals surface area contributed by atoms with Gasteiger partial charge in [-0.3, -0.25) is 0 Å². The smallest absolute Gasteiger partial charge is 0.339 e. The van der Waals surface area contributed by atoms with E-state index in [9.17, 15) is 19.8 Å². The predicted octanol–water partition coefficient (Wildman–Crippen LogP) is 1.69. The molecule has 0 aliphatic carbocycles. The molecule has 2 unspecified atom stereocenters. The molecule has 0 aliphatic heterocycles. The van der Waals surface area contributed by atoms with Crippen LogP contribution in [0.15, 0.2) is 12.6 Å². The van der Waals surface area contributed by atoms with Crippen molar-refractivity contribution in [2.45, 2.75) is 58.0 Å². The van der Waals surface area contributed by atoms with Crippen LogP contribution in [0.3, 0.4) is 0 Å². The van der Waals surface area contributed by atoms with Crippen molar-refractivity contribution in [3.8, 4) is 0 Å². The molecule has 0 spiro atoms. The molecular weight excluding hydrogens is 252 g/mol. The highest BCUT2D eigenvalue weighted by atomic mass is 16.6. The highest BCUT2D eigenvalue weighted by Crippen LogP contribution is 2.28. The van der Waals surface area contributed by atoms with Gasteiger partial charge in [0.25, 0.3) is 0 Å². The molecule has 0 radical (unpaired) electrons. The van der Waals surface area contributed by atoms with Gasteiger partial charge in [0.2, 0.25) is 5.60 Å². The third kappa shape index (κ3) is 4.65. The van der Waals surface area contributed by atoms with Gasteiger partial charge >= 0.3 is 11.9 Å². The van der Waals surface area contributed by atoms with Crippen LogP contribution in [0, 0.1) is 0 Å². The van der Waals surface area contributed by atoms with Gasteiger partial charge < -0.3 is 19.7 Å². The zero-order valence-electron chi connectivity index (χ0n) is 14.5. The summed E-state index contributed by atoms with van der Waals surface area (Å²) in [7, 11) is 0. The van der Waals surface area contributed by atoms with Crippen molar-refractivity contribution in [1.82, 2.24) is 0 Å². The first-order valence-electron chi connectivity index (χ1n) is 7.26. The van der Waals surface area contributed by atoms with Gasteiger partial charge in [-0.05, 0) is 27.7 Å². The molecule has 2 N–H and O–H groups in total. The summed E-state index contributed by atoms with van der Waals surface area (Å²) in [4.78, 5) is 23.3. The summed E-state index contributed by atoms with van der Waals surface area (Å²) in [5.74, 6) is -3.59. The molecule has 0 fully saturated rings. The molecule has 110 valence electrons. The minimum atomic E-state index is -3.00. The number of carboxylic acid groups (broad SMARTS) is 2. The lowest BCUT2D eigenvalue weighted by Gasteiger charge is -2.36. The molecule has 0 aliphatic rings. The van der Waals surface area contributed by atoms with E-state index in [0.717, 1.165) is 0 Å². The Balaban J connectivity index is 6.42. The van der Waals surface area contributed by atoms with Crippen LogP contribution >= 0.6 is 0 Å². The fraction of sp³-hybridized carbons (Fsp3) is 0.692. The molecule has 0 heterocycles. The van der Waals surface area contributed by atoms with Gasteiger partial charge in [-0.1, -0.05) is 6.05 Å². The number of aliphatic carboxylic acids is 2. The summed E-state index contributed by atoms with van der Waals surface area (Å²) in [6.07, 6.45) is -6.70. The van der Waals surface area contributed by atoms with Gasteiger partial charge in [-0.25, -0.2) is 9.59 Å². The highest BCUT2D eigenvalue weighted by Gasteiger charge is 2.52. The molecule has 6 nitrogen and oxygen atoms in total. The van der Waals surface area contributed by atoms with Gasteiger partial charge in [0.15, 0.2) is 6.10 Å². The molecule has 0 saturated carbocycles. The Morgan fingerprint density at radius 3 is 2.16 bits per heavy atom. The Kier molecular flexibility index (Phi) is 4.82. The van der Waals surface area contributed by atoms with Crippen LogP contribution in [0.4, 0.5) is 0 Å². The third-order valence-corrected chi connectivity index (χ3v) is 2.02. The number of carboxylic acids is 2. The van der Waals surface area contributed by atoms with E-state index < -0.39 is 48.3 Å². The third-order valence-electron chi connectivity index (χ3n) is 2.02. The SMILES string of the molecule is [3H]C(=C)C([3H])([3H])C(OC(C)C)(C(=O)O)C(OC(C)C)C(=O)O. The number of rotatable bonds is 9. The molecule has 0 rings (SSSR count). The lowest BCUT2D eigenvalue weighted by atomic mass is 9.91. The number of hydrogen-bond acceptors (Lipinski definition) is 4. The molecule has 0 bridgehead atoms. The van der Waals surface area contributed by atoms with Crippen molar-refractivity contribution < 1.29 is 33.4 Å². The number of carbonyl (C=O) groups is 2. The summed E-state index contributed by atoms with van der Waals surface area (Å²) < 4.78 is 33.5. The van der Waals surface area contributed by atoms with Gasteiger partial charge in [0.05, 0.1) is 13.6 Å². The minimum absolute atomic E-state index is 0.703. The molecule has 0 saturated heterocycles. The maximum absolute atomic E-state index is 11.8. The van der Waals surface area contributed by atoms with Crippen molar-refractivity contribution >= 4 is 11.9 Å². The topological polar surface area (TPSA) is 93.1 Å². The molecular formula is C13H22O6. The Labute approximate surface area is 117 Å². The second-order valence-corrected chi connectivity index (χ2v) is 4.41. The molecule has 0 aromatic heterocycles. The van der Waals surface area contributed by atoms with Crippen molar-refractivity contribution in [2.24, 2.45) is 0 Å². The van der Waals surface area contributed by atoms with E-state index in [1.165, 1.54) is 27.7 Å². The van der Waals surface area contributed by atoms with Crippen molar-refractivity contribution in [3.05, 3.63) is 12.6 Å². The average Bonchev–Trinajstić information content (AvgIpc) is 2.31. The fourth-order valence-electron chi connectivity index (χ4n) is 1.48. The predicted molar refractivity (Wildman–Crippen MR) is 69.0 cm³/mol. The van der Waals surface area contributed by atoms with E-state index in [1.54, 1.807) is 0 Å². The van der Waals surface area contributed by atoms with E-state index in [4.69, 9.17) is 13.6 Å². The Morgan fingerprint density at radius 1 is 1.37 bits per heavy atom. The first-order valence-corrected chi connectivity index (χ1v) is 5.76. The van der Waals surface area contributed by atoms with Crippen molar-refractivity contribution in [1.29, 1.82) is 0 Å². The normalized spacial score (nSPS) is 19.2. The Bertz CT molecular complexity index is 449. The lowest BCUT2D eigenvalue weighted by Crippen LogP contribution is -2.57. The molecule has 2 atom stereocenters. The maximum Gasteiger partial charge on any atom is 0.339 e. The van der Waals surface area contributed by atoms with Crippen molar-refractivity contribution in [3.63, 3.8) is 0 Å². The van der Waals surface area contributed by atoms with Crippen LogP contribution < -0.4 is 0 Å². The van der Waals surface area contributed by atoms with E-state index in [-0.39, 0.29) is 0 Å². The monoisotopic (exact) mass is 280 g/mol. The fourth-order valence-corrected chi connectivity index (χ4v) is 1.48. The van der Waals surface area contributed by atoms with Crippen LogP contribution in [0.5, 0.6) is 0 Å². The lowest BCUT2D eigenvalue weighted by molar-refractivity contribution is -0.211. The first kappa shape index (κ1) is 12.6. The first-order chi connectivity index (χ1) is 9.80. The van der Waals surface area contributed by atoms with Gasteiger partial charge in [-0.15, -0.1) is 6.58 Å². The maximum atomic E-state index is 11.8. The second-order valence-electron chi connectivity index (χ2n) is 4.41. The Hall–Kier alpha value is -1.40. The average molecular weight is 280 g/mol. The van der Waals surface area contributed by atoms with Gasteiger partial charge in [-0.2, -0.15) is 0 Å². The van der Waals surface area contributed by atoms with E-state index >= 15 is 0 Å². The number of ether oxygens (including phenoxy) is 2. The van der Waals surface area contributed by atoms with Crippen LogP contribution in [0.25, 0.3) is 0 Å². The highest BCUT2D eigenvalue weighted by molar-refractivity contribution is 5.87.